The van der Waals surface area contributed by atoms with Gasteiger partial charge in [-0.1, -0.05) is 23.2 Å². The first-order valence-corrected chi connectivity index (χ1v) is 5.54. The van der Waals surface area contributed by atoms with Crippen molar-refractivity contribution in [1.29, 1.82) is 0 Å². The molecular formula is C8H5Cl5. The van der Waals surface area contributed by atoms with Crippen LogP contribution in [0.5, 0.6) is 0 Å². The molecule has 0 saturated heterocycles. The number of rotatable bonds is 2. The van der Waals surface area contributed by atoms with E-state index >= 15 is 0 Å². The maximum absolute atomic E-state index is 5.89. The van der Waals surface area contributed by atoms with Crippen molar-refractivity contribution in [2.24, 2.45) is 0 Å². The highest BCUT2D eigenvalue weighted by atomic mass is 35.5. The highest BCUT2D eigenvalue weighted by Crippen LogP contribution is 2.33. The lowest BCUT2D eigenvalue weighted by atomic mass is 10.2. The molecule has 13 heavy (non-hydrogen) atoms. The maximum atomic E-state index is 5.89. The largest absolute Gasteiger partial charge is 0.132 e. The fourth-order valence-corrected chi connectivity index (χ4v) is 2.19. The third-order valence-corrected chi connectivity index (χ3v) is 2.99. The lowest BCUT2D eigenvalue weighted by molar-refractivity contribution is 1.30. The molecular weight excluding hydrogens is 273 g/mol. The van der Waals surface area contributed by atoms with E-state index in [0.717, 1.165) is 0 Å². The van der Waals surface area contributed by atoms with Crippen molar-refractivity contribution in [2.45, 2.75) is 10.7 Å². The third kappa shape index (κ3) is 2.81. The van der Waals surface area contributed by atoms with Crippen LogP contribution in [0.3, 0.4) is 0 Å². The molecule has 0 saturated carbocycles. The minimum Gasteiger partial charge on any atom is -0.121 e. The van der Waals surface area contributed by atoms with Gasteiger partial charge in [-0.15, -0.1) is 34.8 Å². The highest BCUT2D eigenvalue weighted by molar-refractivity contribution is 6.44. The summed E-state index contributed by atoms with van der Waals surface area (Å²) in [6, 6.07) is 3.33. The Bertz CT molecular complexity index is 284. The molecule has 0 radical (unpaired) electrons. The molecule has 5 heteroatoms. The van der Waals surface area contributed by atoms with Crippen molar-refractivity contribution >= 4 is 58.0 Å². The number of alkyl halides is 3. The number of benzene rings is 1. The molecule has 0 aliphatic heterocycles. The average Bonchev–Trinajstić information content (AvgIpc) is 2.03. The van der Waals surface area contributed by atoms with Gasteiger partial charge in [0.25, 0.3) is 0 Å². The Hall–Kier alpha value is 0.670. The van der Waals surface area contributed by atoms with Gasteiger partial charge in [-0.05, 0) is 17.7 Å². The van der Waals surface area contributed by atoms with Gasteiger partial charge < -0.3 is 0 Å². The van der Waals surface area contributed by atoms with Crippen molar-refractivity contribution in [1.82, 2.24) is 0 Å². The summed E-state index contributed by atoms with van der Waals surface area (Å²) in [5, 5.41) is 0.979. The molecule has 0 aliphatic carbocycles. The molecule has 72 valence electrons. The second-order valence-corrected chi connectivity index (χ2v) is 4.58. The lowest BCUT2D eigenvalue weighted by Gasteiger charge is -2.07. The molecule has 1 aromatic rings. The summed E-state index contributed by atoms with van der Waals surface area (Å²) in [6.45, 7) is 0. The van der Waals surface area contributed by atoms with Gasteiger partial charge in [0.1, 0.15) is 4.84 Å². The zero-order valence-corrected chi connectivity index (χ0v) is 10.1. The number of halogens is 5. The van der Waals surface area contributed by atoms with E-state index in [1.54, 1.807) is 12.1 Å². The molecule has 1 rings (SSSR count). The van der Waals surface area contributed by atoms with Crippen molar-refractivity contribution in [2.75, 3.05) is 0 Å². The van der Waals surface area contributed by atoms with Crippen LogP contribution in [0.2, 0.25) is 10.0 Å². The molecule has 0 nitrogen and oxygen atoms in total. The van der Waals surface area contributed by atoms with E-state index in [1.165, 1.54) is 0 Å². The van der Waals surface area contributed by atoms with Crippen LogP contribution in [0.1, 0.15) is 16.0 Å². The van der Waals surface area contributed by atoms with E-state index in [2.05, 4.69) is 0 Å². The van der Waals surface area contributed by atoms with Crippen molar-refractivity contribution in [3.05, 3.63) is 33.3 Å². The zero-order chi connectivity index (χ0) is 10.0. The van der Waals surface area contributed by atoms with Crippen molar-refractivity contribution < 1.29 is 0 Å². The van der Waals surface area contributed by atoms with Crippen LogP contribution in [0, 0.1) is 0 Å². The van der Waals surface area contributed by atoms with Crippen LogP contribution >= 0.6 is 58.0 Å². The van der Waals surface area contributed by atoms with E-state index in [0.29, 0.717) is 21.2 Å². The Balaban J connectivity index is 3.20. The normalized spacial score (nSPS) is 10.9. The first-order chi connectivity index (χ1) is 6.06. The molecule has 0 unspecified atom stereocenters. The van der Waals surface area contributed by atoms with Crippen molar-refractivity contribution in [3.63, 3.8) is 0 Å². The standard InChI is InChI=1S/C8H5Cl5/c9-3-5-6(10)1-4(8(12)13)2-7(5)11/h1-2,8H,3H2. The molecule has 0 atom stereocenters. The predicted molar refractivity (Wildman–Crippen MR) is 60.5 cm³/mol. The van der Waals surface area contributed by atoms with E-state index in [9.17, 15) is 0 Å². The van der Waals surface area contributed by atoms with Gasteiger partial charge in [0.2, 0.25) is 0 Å². The summed E-state index contributed by atoms with van der Waals surface area (Å²) in [7, 11) is 0. The first-order valence-electron chi connectivity index (χ1n) is 3.38. The lowest BCUT2D eigenvalue weighted by Crippen LogP contribution is -1.88. The topological polar surface area (TPSA) is 0 Å². The highest BCUT2D eigenvalue weighted by Gasteiger charge is 2.10. The smallest absolute Gasteiger partial charge is 0.121 e. The van der Waals surface area contributed by atoms with Gasteiger partial charge >= 0.3 is 0 Å². The predicted octanol–water partition coefficient (Wildman–Crippen LogP) is 5.21. The second kappa shape index (κ2) is 4.95. The Morgan fingerprint density at radius 1 is 1.08 bits per heavy atom. The summed E-state index contributed by atoms with van der Waals surface area (Å²) >= 11 is 28.7. The number of hydrogen-bond donors (Lipinski definition) is 0. The molecule has 0 fully saturated rings. The third-order valence-electron chi connectivity index (χ3n) is 1.55. The SMILES string of the molecule is ClCc1c(Cl)cc(C(Cl)Cl)cc1Cl. The van der Waals surface area contributed by atoms with E-state index in [1.807, 2.05) is 0 Å². The first kappa shape index (κ1) is 11.7. The van der Waals surface area contributed by atoms with E-state index in [-0.39, 0.29) is 5.88 Å². The molecule has 0 spiro atoms. The van der Waals surface area contributed by atoms with Crippen molar-refractivity contribution in [3.8, 4) is 0 Å². The summed E-state index contributed by atoms with van der Waals surface area (Å²) in [6.07, 6.45) is 0. The van der Waals surface area contributed by atoms with Crippen LogP contribution in [-0.2, 0) is 5.88 Å². The summed E-state index contributed by atoms with van der Waals surface area (Å²) in [4.78, 5) is -0.626. The van der Waals surface area contributed by atoms with Crippen LogP contribution in [-0.4, -0.2) is 0 Å². The summed E-state index contributed by atoms with van der Waals surface area (Å²) in [5.41, 5.74) is 1.37. The van der Waals surface area contributed by atoms with E-state index in [4.69, 9.17) is 58.0 Å². The second-order valence-electron chi connectivity index (χ2n) is 2.40. The fraction of sp³-hybridized carbons (Fsp3) is 0.250. The molecule has 0 bridgehead atoms. The minimum atomic E-state index is -0.626. The molecule has 0 heterocycles. The summed E-state index contributed by atoms with van der Waals surface area (Å²) < 4.78 is 0. The molecule has 0 aromatic heterocycles. The number of hydrogen-bond acceptors (Lipinski definition) is 0. The minimum absolute atomic E-state index is 0.271. The Kier molecular flexibility index (Phi) is 4.47. The van der Waals surface area contributed by atoms with Gasteiger partial charge in [-0.25, -0.2) is 0 Å². The van der Waals surface area contributed by atoms with Crippen LogP contribution in [0.15, 0.2) is 12.1 Å². The van der Waals surface area contributed by atoms with Crippen LogP contribution in [0.25, 0.3) is 0 Å². The molecule has 0 amide bonds. The average molecular weight is 278 g/mol. The monoisotopic (exact) mass is 276 g/mol. The maximum Gasteiger partial charge on any atom is 0.132 e. The Morgan fingerprint density at radius 3 is 1.85 bits per heavy atom. The quantitative estimate of drug-likeness (QED) is 0.652. The van der Waals surface area contributed by atoms with Crippen LogP contribution in [0.4, 0.5) is 0 Å². The van der Waals surface area contributed by atoms with E-state index < -0.39 is 4.84 Å². The van der Waals surface area contributed by atoms with Gasteiger partial charge in [0.05, 0.1) is 5.88 Å². The van der Waals surface area contributed by atoms with Gasteiger partial charge in [0.15, 0.2) is 0 Å². The van der Waals surface area contributed by atoms with Crippen LogP contribution < -0.4 is 0 Å². The summed E-state index contributed by atoms with van der Waals surface area (Å²) in [5.74, 6) is 0.271. The molecule has 0 N–H and O–H groups in total. The van der Waals surface area contributed by atoms with Gasteiger partial charge in [-0.2, -0.15) is 0 Å². The van der Waals surface area contributed by atoms with Gasteiger partial charge in [0, 0.05) is 15.6 Å². The molecule has 1 aromatic carbocycles. The molecule has 0 aliphatic rings. The van der Waals surface area contributed by atoms with Gasteiger partial charge in [-0.3, -0.25) is 0 Å². The fourth-order valence-electron chi connectivity index (χ4n) is 0.876. The Morgan fingerprint density at radius 2 is 1.54 bits per heavy atom. The zero-order valence-electron chi connectivity index (χ0n) is 6.33. The Labute approximate surface area is 102 Å².